The van der Waals surface area contributed by atoms with Gasteiger partial charge in [0.2, 0.25) is 0 Å². The molecule has 26 heavy (non-hydrogen) atoms. The lowest BCUT2D eigenvalue weighted by Crippen LogP contribution is -2.35. The minimum atomic E-state index is -0.701. The highest BCUT2D eigenvalue weighted by atomic mass is 16.5. The number of nitrogens with zero attached hydrogens (tertiary/aromatic N) is 1. The van der Waals surface area contributed by atoms with Gasteiger partial charge in [0.1, 0.15) is 0 Å². The number of rotatable bonds is 3. The van der Waals surface area contributed by atoms with Gasteiger partial charge in [-0.05, 0) is 25.8 Å². The summed E-state index contributed by atoms with van der Waals surface area (Å²) in [5.74, 6) is -1.82. The van der Waals surface area contributed by atoms with Crippen LogP contribution in [0.1, 0.15) is 20.3 Å². The van der Waals surface area contributed by atoms with Crippen molar-refractivity contribution in [2.24, 2.45) is 5.92 Å². The van der Waals surface area contributed by atoms with E-state index in [1.54, 1.807) is 32.3 Å². The van der Waals surface area contributed by atoms with Crippen molar-refractivity contribution in [1.82, 2.24) is 10.2 Å². The highest BCUT2D eigenvalue weighted by Gasteiger charge is 2.39. The summed E-state index contributed by atoms with van der Waals surface area (Å²) in [4.78, 5) is 38.0. The highest BCUT2D eigenvalue weighted by Crippen LogP contribution is 2.39. The second kappa shape index (κ2) is 7.90. The number of allylic oxidation sites excluding steroid dienone is 4. The first-order valence-electron chi connectivity index (χ1n) is 7.94. The maximum atomic E-state index is 12.4. The van der Waals surface area contributed by atoms with Crippen LogP contribution in [0.5, 0.6) is 0 Å². The predicted molar refractivity (Wildman–Crippen MR) is 92.1 cm³/mol. The Bertz CT molecular complexity index is 722. The average molecular weight is 362 g/mol. The van der Waals surface area contributed by atoms with Crippen molar-refractivity contribution in [3.63, 3.8) is 0 Å². The van der Waals surface area contributed by atoms with E-state index >= 15 is 0 Å². The molecule has 0 radical (unpaired) electrons. The summed E-state index contributed by atoms with van der Waals surface area (Å²) in [5.41, 5.74) is 2.41. The van der Waals surface area contributed by atoms with E-state index in [0.717, 1.165) is 0 Å². The summed E-state index contributed by atoms with van der Waals surface area (Å²) in [6, 6.07) is 0. The van der Waals surface area contributed by atoms with E-state index in [0.29, 0.717) is 34.5 Å². The molecule has 0 fully saturated rings. The van der Waals surface area contributed by atoms with E-state index in [1.165, 1.54) is 26.2 Å². The Balaban J connectivity index is 2.61. The summed E-state index contributed by atoms with van der Waals surface area (Å²) in [7, 11) is 3.83. The van der Waals surface area contributed by atoms with Crippen LogP contribution in [0.25, 0.3) is 0 Å². The number of hydrogen-bond acceptors (Lipinski definition) is 7. The fraction of sp³-hybridized carbons (Fsp3) is 0.389. The SMILES string of the molecule is COC(=O)C1=C(C)NC(C)=C(C(=O)OC)C1C1=CN(C(=O)OC)C=CC1. The zero-order chi connectivity index (χ0) is 19.4. The van der Waals surface area contributed by atoms with Gasteiger partial charge in [-0.3, -0.25) is 4.90 Å². The minimum absolute atomic E-state index is 0.296. The molecule has 2 aliphatic heterocycles. The molecule has 0 aromatic heterocycles. The quantitative estimate of drug-likeness (QED) is 0.606. The molecule has 8 heteroatoms. The smallest absolute Gasteiger partial charge is 0.417 e. The number of dihydropyridines is 1. The van der Waals surface area contributed by atoms with Gasteiger partial charge < -0.3 is 19.5 Å². The van der Waals surface area contributed by atoms with E-state index in [2.05, 4.69) is 5.32 Å². The van der Waals surface area contributed by atoms with Gasteiger partial charge in [-0.1, -0.05) is 6.08 Å². The molecule has 140 valence electrons. The fourth-order valence-corrected chi connectivity index (χ4v) is 3.11. The molecule has 0 aromatic rings. The molecular weight excluding hydrogens is 340 g/mol. The third kappa shape index (κ3) is 3.49. The van der Waals surface area contributed by atoms with Gasteiger partial charge in [-0.15, -0.1) is 0 Å². The number of esters is 2. The Hall–Kier alpha value is -3.03. The molecule has 0 bridgehead atoms. The van der Waals surface area contributed by atoms with Crippen LogP contribution >= 0.6 is 0 Å². The van der Waals surface area contributed by atoms with E-state index in [4.69, 9.17) is 14.2 Å². The van der Waals surface area contributed by atoms with Crippen molar-refractivity contribution < 1.29 is 28.6 Å². The molecule has 0 atom stereocenters. The van der Waals surface area contributed by atoms with Crippen LogP contribution in [0, 0.1) is 5.92 Å². The monoisotopic (exact) mass is 362 g/mol. The minimum Gasteiger partial charge on any atom is -0.466 e. The lowest BCUT2D eigenvalue weighted by molar-refractivity contribution is -0.137. The van der Waals surface area contributed by atoms with Crippen LogP contribution in [-0.4, -0.2) is 44.3 Å². The zero-order valence-electron chi connectivity index (χ0n) is 15.4. The van der Waals surface area contributed by atoms with E-state index in [1.807, 2.05) is 0 Å². The van der Waals surface area contributed by atoms with Crippen LogP contribution < -0.4 is 5.32 Å². The van der Waals surface area contributed by atoms with Gasteiger partial charge in [0.15, 0.2) is 0 Å². The van der Waals surface area contributed by atoms with Crippen molar-refractivity contribution in [1.29, 1.82) is 0 Å². The van der Waals surface area contributed by atoms with E-state index in [-0.39, 0.29) is 0 Å². The van der Waals surface area contributed by atoms with Gasteiger partial charge in [0.25, 0.3) is 0 Å². The number of methoxy groups -OCH3 is 3. The van der Waals surface area contributed by atoms with Crippen molar-refractivity contribution in [2.75, 3.05) is 21.3 Å². The lowest BCUT2D eigenvalue weighted by Gasteiger charge is -2.32. The first-order valence-corrected chi connectivity index (χ1v) is 7.94. The van der Waals surface area contributed by atoms with E-state index < -0.39 is 23.9 Å². The molecule has 0 spiro atoms. The van der Waals surface area contributed by atoms with Gasteiger partial charge in [0, 0.05) is 29.7 Å². The number of carbonyl (C=O) groups excluding carboxylic acids is 3. The molecule has 1 N–H and O–H groups in total. The number of hydrogen-bond donors (Lipinski definition) is 1. The molecule has 2 rings (SSSR count). The lowest BCUT2D eigenvalue weighted by atomic mass is 9.78. The van der Waals surface area contributed by atoms with Crippen LogP contribution in [-0.2, 0) is 23.8 Å². The Labute approximate surface area is 151 Å². The molecule has 2 aliphatic rings. The Kier molecular flexibility index (Phi) is 5.86. The van der Waals surface area contributed by atoms with Crippen molar-refractivity contribution >= 4 is 18.0 Å². The van der Waals surface area contributed by atoms with E-state index in [9.17, 15) is 14.4 Å². The predicted octanol–water partition coefficient (Wildman–Crippen LogP) is 1.97. The molecule has 0 aliphatic carbocycles. The van der Waals surface area contributed by atoms with Crippen LogP contribution in [0.4, 0.5) is 4.79 Å². The zero-order valence-corrected chi connectivity index (χ0v) is 15.4. The summed E-state index contributed by atoms with van der Waals surface area (Å²) in [6.07, 6.45) is 4.75. The molecule has 0 aromatic carbocycles. The topological polar surface area (TPSA) is 94.2 Å². The standard InChI is InChI=1S/C18H22N2O6/c1-10-13(16(21)24-3)15(14(11(2)19-10)17(22)25-4)12-7-6-8-20(9-12)18(23)26-5/h6,8-9,15,19H,7H2,1-5H3. The molecule has 2 heterocycles. The second-order valence-corrected chi connectivity index (χ2v) is 5.79. The third-order valence-electron chi connectivity index (χ3n) is 4.25. The summed E-state index contributed by atoms with van der Waals surface area (Å²) in [6.45, 7) is 3.46. The number of ether oxygens (including phenoxy) is 3. The largest absolute Gasteiger partial charge is 0.466 e. The molecule has 8 nitrogen and oxygen atoms in total. The summed E-state index contributed by atoms with van der Waals surface area (Å²) < 4.78 is 14.6. The van der Waals surface area contributed by atoms with Crippen molar-refractivity contribution in [2.45, 2.75) is 20.3 Å². The van der Waals surface area contributed by atoms with Gasteiger partial charge in [-0.2, -0.15) is 0 Å². The number of nitrogens with one attached hydrogen (secondary N) is 1. The number of carbonyl (C=O) groups is 3. The molecule has 0 saturated carbocycles. The van der Waals surface area contributed by atoms with Crippen molar-refractivity contribution in [3.05, 3.63) is 46.6 Å². The Morgan fingerprint density at radius 2 is 1.54 bits per heavy atom. The first kappa shape index (κ1) is 19.3. The summed E-state index contributed by atoms with van der Waals surface area (Å²) >= 11 is 0. The van der Waals surface area contributed by atoms with Gasteiger partial charge >= 0.3 is 18.0 Å². The molecule has 0 saturated heterocycles. The maximum absolute atomic E-state index is 12.4. The van der Waals surface area contributed by atoms with Crippen LogP contribution in [0.3, 0.4) is 0 Å². The fourth-order valence-electron chi connectivity index (χ4n) is 3.11. The maximum Gasteiger partial charge on any atom is 0.417 e. The first-order chi connectivity index (χ1) is 12.3. The van der Waals surface area contributed by atoms with Gasteiger partial charge in [-0.25, -0.2) is 14.4 Å². The van der Waals surface area contributed by atoms with Crippen LogP contribution in [0.15, 0.2) is 46.6 Å². The van der Waals surface area contributed by atoms with Crippen LogP contribution in [0.2, 0.25) is 0 Å². The molecule has 1 amide bonds. The third-order valence-corrected chi connectivity index (χ3v) is 4.25. The Morgan fingerprint density at radius 3 is 2.00 bits per heavy atom. The number of amides is 1. The molecule has 0 unspecified atom stereocenters. The van der Waals surface area contributed by atoms with Crippen molar-refractivity contribution in [3.8, 4) is 0 Å². The second-order valence-electron chi connectivity index (χ2n) is 5.79. The van der Waals surface area contributed by atoms with Gasteiger partial charge in [0.05, 0.1) is 32.5 Å². The average Bonchev–Trinajstić information content (AvgIpc) is 2.65. The normalized spacial score (nSPS) is 17.6. The summed E-state index contributed by atoms with van der Waals surface area (Å²) in [5, 5.41) is 3.03. The Morgan fingerprint density at radius 1 is 1.00 bits per heavy atom. The highest BCUT2D eigenvalue weighted by molar-refractivity contribution is 5.98. The molecular formula is C18H22N2O6.